The first kappa shape index (κ1) is 25.3. The van der Waals surface area contributed by atoms with Gasteiger partial charge in [-0.1, -0.05) is 12.1 Å². The van der Waals surface area contributed by atoms with Crippen molar-refractivity contribution in [2.45, 2.75) is 57.9 Å². The van der Waals surface area contributed by atoms with Crippen LogP contribution in [0, 0.1) is 11.6 Å². The van der Waals surface area contributed by atoms with Crippen LogP contribution in [0.3, 0.4) is 0 Å². The fraction of sp³-hybridized carbons (Fsp3) is 0.346. The van der Waals surface area contributed by atoms with E-state index in [4.69, 9.17) is 9.47 Å². The summed E-state index contributed by atoms with van der Waals surface area (Å²) in [6, 6.07) is 4.43. The number of nitrogens with zero attached hydrogens (tertiary/aromatic N) is 3. The number of carbonyl (C=O) groups is 3. The Morgan fingerprint density at radius 3 is 2.29 bits per heavy atom. The molecule has 10 nitrogen and oxygen atoms in total. The summed E-state index contributed by atoms with van der Waals surface area (Å²) < 4.78 is 39.7. The standard InChI is InChI=1S/C26H24F2N4O6/c1-25(2,3)37-23(35)31-16-11-14(28)10-15-17(16)18(29-30-21(15)33)20(19(31)12-6-8-13(27)9-7-12)32-22(34)26(4,5)38-24(32)36/h6-11,19-20H,1-5H3,(H,30,33). The van der Waals surface area contributed by atoms with Crippen LogP contribution in [0.15, 0.2) is 41.2 Å². The van der Waals surface area contributed by atoms with E-state index in [1.807, 2.05) is 0 Å². The molecule has 3 aromatic rings. The highest BCUT2D eigenvalue weighted by Crippen LogP contribution is 2.51. The van der Waals surface area contributed by atoms with Gasteiger partial charge in [0.25, 0.3) is 11.5 Å². The molecule has 0 radical (unpaired) electrons. The van der Waals surface area contributed by atoms with Crippen LogP contribution in [0.5, 0.6) is 0 Å². The number of hydrogen-bond acceptors (Lipinski definition) is 7. The first-order valence-corrected chi connectivity index (χ1v) is 11.8. The monoisotopic (exact) mass is 526 g/mol. The van der Waals surface area contributed by atoms with Crippen LogP contribution in [0.1, 0.15) is 58.0 Å². The van der Waals surface area contributed by atoms with Crippen LogP contribution < -0.4 is 10.5 Å². The van der Waals surface area contributed by atoms with Gasteiger partial charge in [0.15, 0.2) is 5.60 Å². The average molecular weight is 526 g/mol. The van der Waals surface area contributed by atoms with E-state index in [0.29, 0.717) is 0 Å². The summed E-state index contributed by atoms with van der Waals surface area (Å²) in [5.74, 6) is -2.12. The van der Waals surface area contributed by atoms with E-state index >= 15 is 0 Å². The Hall–Kier alpha value is -4.35. The summed E-state index contributed by atoms with van der Waals surface area (Å²) in [7, 11) is 0. The van der Waals surface area contributed by atoms with Gasteiger partial charge in [-0.2, -0.15) is 5.10 Å². The van der Waals surface area contributed by atoms with Crippen molar-refractivity contribution in [1.29, 1.82) is 0 Å². The Labute approximate surface area is 215 Å². The van der Waals surface area contributed by atoms with E-state index in [1.165, 1.54) is 26.0 Å². The number of hydrogen-bond donors (Lipinski definition) is 1. The van der Waals surface area contributed by atoms with Gasteiger partial charge < -0.3 is 9.47 Å². The van der Waals surface area contributed by atoms with Crippen LogP contribution in [0.4, 0.5) is 24.1 Å². The van der Waals surface area contributed by atoms with E-state index in [-0.39, 0.29) is 27.7 Å². The molecule has 2 unspecified atom stereocenters. The summed E-state index contributed by atoms with van der Waals surface area (Å²) in [6.45, 7) is 7.71. The van der Waals surface area contributed by atoms with Gasteiger partial charge in [-0.05, 0) is 64.4 Å². The van der Waals surface area contributed by atoms with Gasteiger partial charge in [0.1, 0.15) is 23.3 Å². The highest BCUT2D eigenvalue weighted by Gasteiger charge is 2.56. The summed E-state index contributed by atoms with van der Waals surface area (Å²) in [5, 5.41) is 6.35. The first-order valence-electron chi connectivity index (χ1n) is 11.8. The van der Waals surface area contributed by atoms with E-state index in [0.717, 1.165) is 34.1 Å². The number of cyclic esters (lactones) is 1. The Kier molecular flexibility index (Phi) is 5.55. The van der Waals surface area contributed by atoms with Crippen molar-refractivity contribution < 1.29 is 32.6 Å². The maximum Gasteiger partial charge on any atom is 0.418 e. The number of aromatic nitrogens is 2. The zero-order valence-electron chi connectivity index (χ0n) is 21.2. The fourth-order valence-electron chi connectivity index (χ4n) is 4.81. The second-order valence-electron chi connectivity index (χ2n) is 10.6. The smallest absolute Gasteiger partial charge is 0.418 e. The fourth-order valence-corrected chi connectivity index (χ4v) is 4.81. The predicted octanol–water partition coefficient (Wildman–Crippen LogP) is 4.50. The number of aromatic amines is 1. The first-order chi connectivity index (χ1) is 17.7. The number of amides is 3. The number of anilines is 1. The van der Waals surface area contributed by atoms with Crippen LogP contribution in [0.2, 0.25) is 0 Å². The molecule has 0 spiro atoms. The molecule has 0 bridgehead atoms. The van der Waals surface area contributed by atoms with Crippen molar-refractivity contribution >= 4 is 34.6 Å². The number of imide groups is 1. The van der Waals surface area contributed by atoms with Crippen molar-refractivity contribution in [3.63, 3.8) is 0 Å². The van der Waals surface area contributed by atoms with Gasteiger partial charge in [-0.3, -0.25) is 14.5 Å². The summed E-state index contributed by atoms with van der Waals surface area (Å²) >= 11 is 0. The molecular formula is C26H24F2N4O6. The van der Waals surface area contributed by atoms with Crippen LogP contribution in [-0.4, -0.2) is 44.4 Å². The molecule has 1 N–H and O–H groups in total. The molecule has 198 valence electrons. The molecule has 0 saturated carbocycles. The highest BCUT2D eigenvalue weighted by molar-refractivity contribution is 6.07. The SMILES string of the molecule is CC(C)(C)OC(=O)N1c2cc(F)cc3c(=O)[nH]nc(c23)C(N2C(=O)OC(C)(C)C2=O)C1c1ccc(F)cc1. The molecular weight excluding hydrogens is 502 g/mol. The second-order valence-corrected chi connectivity index (χ2v) is 10.6. The average Bonchev–Trinajstić information content (AvgIpc) is 3.00. The van der Waals surface area contributed by atoms with Gasteiger partial charge in [-0.15, -0.1) is 0 Å². The quantitative estimate of drug-likeness (QED) is 0.522. The third kappa shape index (κ3) is 3.96. The third-order valence-electron chi connectivity index (χ3n) is 6.33. The Bertz CT molecular complexity index is 1560. The molecule has 5 rings (SSSR count). The molecule has 2 aliphatic rings. The number of halogens is 2. The minimum Gasteiger partial charge on any atom is -0.443 e. The molecule has 2 aliphatic heterocycles. The lowest BCUT2D eigenvalue weighted by molar-refractivity contribution is -0.136. The van der Waals surface area contributed by atoms with Gasteiger partial charge in [-0.25, -0.2) is 28.4 Å². The number of ether oxygens (including phenoxy) is 2. The summed E-state index contributed by atoms with van der Waals surface area (Å²) in [4.78, 5) is 54.9. The number of nitrogens with one attached hydrogen (secondary N) is 1. The lowest BCUT2D eigenvalue weighted by Gasteiger charge is -2.43. The highest BCUT2D eigenvalue weighted by atomic mass is 19.1. The van der Waals surface area contributed by atoms with E-state index < -0.39 is 58.6 Å². The summed E-state index contributed by atoms with van der Waals surface area (Å²) in [5.41, 5.74) is -3.04. The molecule has 1 aromatic heterocycles. The van der Waals surface area contributed by atoms with Gasteiger partial charge in [0.05, 0.1) is 22.8 Å². The molecule has 1 saturated heterocycles. The predicted molar refractivity (Wildman–Crippen MR) is 130 cm³/mol. The topological polar surface area (TPSA) is 122 Å². The molecule has 3 heterocycles. The van der Waals surface area contributed by atoms with Crippen molar-refractivity contribution in [2.24, 2.45) is 0 Å². The van der Waals surface area contributed by atoms with E-state index in [1.54, 1.807) is 20.8 Å². The Morgan fingerprint density at radius 2 is 1.71 bits per heavy atom. The number of H-pyrrole nitrogens is 1. The molecule has 2 atom stereocenters. The lowest BCUT2D eigenvalue weighted by Crippen LogP contribution is -2.50. The number of rotatable bonds is 2. The number of carbonyl (C=O) groups excluding carboxylic acids is 3. The van der Waals surface area contributed by atoms with Crippen LogP contribution >= 0.6 is 0 Å². The van der Waals surface area contributed by atoms with Gasteiger partial charge in [0.2, 0.25) is 0 Å². The summed E-state index contributed by atoms with van der Waals surface area (Å²) in [6.07, 6.45) is -1.96. The molecule has 1 fully saturated rings. The molecule has 0 aliphatic carbocycles. The zero-order valence-corrected chi connectivity index (χ0v) is 21.2. The minimum atomic E-state index is -1.54. The zero-order chi connectivity index (χ0) is 27.7. The Balaban J connectivity index is 1.88. The van der Waals surface area contributed by atoms with Gasteiger partial charge in [0, 0.05) is 5.39 Å². The third-order valence-corrected chi connectivity index (χ3v) is 6.33. The van der Waals surface area contributed by atoms with Crippen molar-refractivity contribution in [1.82, 2.24) is 15.1 Å². The maximum absolute atomic E-state index is 14.9. The normalized spacial score (nSPS) is 20.6. The molecule has 38 heavy (non-hydrogen) atoms. The van der Waals surface area contributed by atoms with E-state index in [2.05, 4.69) is 10.2 Å². The molecule has 12 heteroatoms. The van der Waals surface area contributed by atoms with Gasteiger partial charge >= 0.3 is 12.2 Å². The largest absolute Gasteiger partial charge is 0.443 e. The van der Waals surface area contributed by atoms with Crippen molar-refractivity contribution in [3.8, 4) is 0 Å². The lowest BCUT2D eigenvalue weighted by atomic mass is 9.86. The Morgan fingerprint density at radius 1 is 1.05 bits per heavy atom. The van der Waals surface area contributed by atoms with Crippen LogP contribution in [-0.2, 0) is 14.3 Å². The number of benzene rings is 2. The maximum atomic E-state index is 14.9. The minimum absolute atomic E-state index is 0.0201. The molecule has 3 amide bonds. The molecule has 2 aromatic carbocycles. The second kappa shape index (κ2) is 8.33. The van der Waals surface area contributed by atoms with E-state index in [9.17, 15) is 28.0 Å². The van der Waals surface area contributed by atoms with Crippen molar-refractivity contribution in [2.75, 3.05) is 4.90 Å². The van der Waals surface area contributed by atoms with Crippen molar-refractivity contribution in [3.05, 3.63) is 69.6 Å². The van der Waals surface area contributed by atoms with Crippen LogP contribution in [0.25, 0.3) is 10.8 Å².